The molecular formula is C18H19F2NO. The average molecular weight is 303 g/mol. The van der Waals surface area contributed by atoms with E-state index < -0.39 is 12.0 Å². The molecule has 2 unspecified atom stereocenters. The van der Waals surface area contributed by atoms with E-state index in [1.165, 1.54) is 12.1 Å². The number of piperidine rings is 1. The summed E-state index contributed by atoms with van der Waals surface area (Å²) in [6.07, 6.45) is 0.00910. The van der Waals surface area contributed by atoms with Gasteiger partial charge in [0.15, 0.2) is 0 Å². The van der Waals surface area contributed by atoms with Gasteiger partial charge in [-0.25, -0.2) is 8.78 Å². The van der Waals surface area contributed by atoms with E-state index in [2.05, 4.69) is 5.32 Å². The van der Waals surface area contributed by atoms with E-state index in [0.29, 0.717) is 24.1 Å². The fourth-order valence-corrected chi connectivity index (χ4v) is 3.29. The Morgan fingerprint density at radius 2 is 1.50 bits per heavy atom. The Balaban J connectivity index is 2.10. The topological polar surface area (TPSA) is 32.3 Å². The average Bonchev–Trinajstić information content (AvgIpc) is 2.53. The van der Waals surface area contributed by atoms with Crippen LogP contribution in [0.25, 0.3) is 0 Å². The van der Waals surface area contributed by atoms with Crippen LogP contribution in [0, 0.1) is 17.6 Å². The molecule has 3 rings (SSSR count). The van der Waals surface area contributed by atoms with Gasteiger partial charge in [-0.3, -0.25) is 0 Å². The van der Waals surface area contributed by atoms with Gasteiger partial charge < -0.3 is 10.4 Å². The molecular weight excluding hydrogens is 284 g/mol. The summed E-state index contributed by atoms with van der Waals surface area (Å²) in [5.41, 5.74) is 0.862. The molecule has 2 aromatic rings. The Bertz CT molecular complexity index is 601. The molecule has 1 fully saturated rings. The number of nitrogens with one attached hydrogen (secondary N) is 1. The lowest BCUT2D eigenvalue weighted by Gasteiger charge is -2.35. The van der Waals surface area contributed by atoms with Crippen molar-refractivity contribution >= 4 is 0 Å². The lowest BCUT2D eigenvalue weighted by Crippen LogP contribution is -2.43. The highest BCUT2D eigenvalue weighted by atomic mass is 19.1. The van der Waals surface area contributed by atoms with Crippen LogP contribution in [-0.2, 0) is 0 Å². The number of hydrogen-bond donors (Lipinski definition) is 2. The second kappa shape index (κ2) is 6.55. The molecule has 1 saturated heterocycles. The second-order valence-corrected chi connectivity index (χ2v) is 5.74. The van der Waals surface area contributed by atoms with Crippen LogP contribution in [0.3, 0.4) is 0 Å². The molecule has 0 aromatic heterocycles. The van der Waals surface area contributed by atoms with Gasteiger partial charge in [-0.1, -0.05) is 36.4 Å². The molecule has 0 bridgehead atoms. The van der Waals surface area contributed by atoms with Crippen LogP contribution >= 0.6 is 0 Å². The Labute approximate surface area is 128 Å². The van der Waals surface area contributed by atoms with Crippen molar-refractivity contribution < 1.29 is 13.9 Å². The molecule has 1 aliphatic rings. The quantitative estimate of drug-likeness (QED) is 0.913. The number of hydrogen-bond acceptors (Lipinski definition) is 2. The van der Waals surface area contributed by atoms with Gasteiger partial charge >= 0.3 is 0 Å². The maximum absolute atomic E-state index is 14.3. The highest BCUT2D eigenvalue weighted by Crippen LogP contribution is 2.38. The van der Waals surface area contributed by atoms with Gasteiger partial charge in [0.05, 0.1) is 6.10 Å². The van der Waals surface area contributed by atoms with Crippen LogP contribution in [0.1, 0.15) is 23.5 Å². The summed E-state index contributed by atoms with van der Waals surface area (Å²) < 4.78 is 28.6. The number of halogens is 2. The first-order valence-corrected chi connectivity index (χ1v) is 7.56. The Morgan fingerprint density at radius 1 is 0.955 bits per heavy atom. The first-order valence-electron chi connectivity index (χ1n) is 7.56. The van der Waals surface area contributed by atoms with Crippen LogP contribution in [0.2, 0.25) is 0 Å². The maximum atomic E-state index is 14.3. The van der Waals surface area contributed by atoms with Crippen LogP contribution in [0.15, 0.2) is 48.5 Å². The van der Waals surface area contributed by atoms with Crippen LogP contribution in [-0.4, -0.2) is 24.3 Å². The van der Waals surface area contributed by atoms with E-state index in [4.69, 9.17) is 0 Å². The first kappa shape index (κ1) is 15.1. The molecule has 1 heterocycles. The second-order valence-electron chi connectivity index (χ2n) is 5.74. The fourth-order valence-electron chi connectivity index (χ4n) is 3.29. The van der Waals surface area contributed by atoms with Gasteiger partial charge in [0.1, 0.15) is 11.6 Å². The third-order valence-electron chi connectivity index (χ3n) is 4.40. The molecule has 4 heteroatoms. The summed E-state index contributed by atoms with van der Waals surface area (Å²) in [5, 5.41) is 13.6. The summed E-state index contributed by atoms with van der Waals surface area (Å²) in [5.74, 6) is -1.50. The lowest BCUT2D eigenvalue weighted by atomic mass is 9.75. The largest absolute Gasteiger partial charge is 0.393 e. The van der Waals surface area contributed by atoms with Crippen molar-refractivity contribution in [1.29, 1.82) is 0 Å². The van der Waals surface area contributed by atoms with Crippen molar-refractivity contribution in [3.8, 4) is 0 Å². The molecule has 0 aliphatic carbocycles. The third-order valence-corrected chi connectivity index (χ3v) is 4.40. The molecule has 0 saturated carbocycles. The zero-order valence-electron chi connectivity index (χ0n) is 12.2. The lowest BCUT2D eigenvalue weighted by molar-refractivity contribution is 0.0695. The van der Waals surface area contributed by atoms with Gasteiger partial charge in [-0.15, -0.1) is 0 Å². The van der Waals surface area contributed by atoms with Crippen LogP contribution in [0.5, 0.6) is 0 Å². The maximum Gasteiger partial charge on any atom is 0.127 e. The normalized spacial score (nSPS) is 22.0. The highest BCUT2D eigenvalue weighted by molar-refractivity contribution is 5.35. The first-order chi connectivity index (χ1) is 10.7. The zero-order valence-corrected chi connectivity index (χ0v) is 12.2. The Morgan fingerprint density at radius 3 is 2.00 bits per heavy atom. The van der Waals surface area contributed by atoms with E-state index >= 15 is 0 Å². The van der Waals surface area contributed by atoms with Crippen molar-refractivity contribution in [2.75, 3.05) is 13.1 Å². The summed E-state index contributed by atoms with van der Waals surface area (Å²) in [6, 6.07) is 12.8. The predicted octanol–water partition coefficient (Wildman–Crippen LogP) is 3.07. The predicted molar refractivity (Wildman–Crippen MR) is 81.6 cm³/mol. The number of aliphatic hydroxyl groups excluding tert-OH is 1. The summed E-state index contributed by atoms with van der Waals surface area (Å²) in [7, 11) is 0. The molecule has 0 amide bonds. The Kier molecular flexibility index (Phi) is 4.50. The van der Waals surface area contributed by atoms with Gasteiger partial charge in [0.2, 0.25) is 0 Å². The van der Waals surface area contributed by atoms with Crippen molar-refractivity contribution in [2.45, 2.75) is 18.4 Å². The fraction of sp³-hybridized carbons (Fsp3) is 0.333. The van der Waals surface area contributed by atoms with E-state index in [0.717, 1.165) is 6.54 Å². The van der Waals surface area contributed by atoms with Crippen molar-refractivity contribution in [3.05, 3.63) is 71.3 Å². The molecule has 22 heavy (non-hydrogen) atoms. The van der Waals surface area contributed by atoms with Crippen LogP contribution < -0.4 is 5.32 Å². The summed E-state index contributed by atoms with van der Waals surface area (Å²) >= 11 is 0. The highest BCUT2D eigenvalue weighted by Gasteiger charge is 2.35. The van der Waals surface area contributed by atoms with E-state index in [9.17, 15) is 13.9 Å². The smallest absolute Gasteiger partial charge is 0.127 e. The molecule has 1 aliphatic heterocycles. The van der Waals surface area contributed by atoms with Crippen molar-refractivity contribution in [3.63, 3.8) is 0 Å². The minimum atomic E-state index is -0.578. The molecule has 116 valence electrons. The zero-order chi connectivity index (χ0) is 15.5. The third kappa shape index (κ3) is 2.89. The Hall–Kier alpha value is -1.78. The standard InChI is InChI=1S/C18H19F2NO/c19-15-7-3-1-5-12(15)18(13-6-2-4-8-16(13)20)14-11-21-10-9-17(14)22/h1-8,14,17-18,21-22H,9-11H2. The van der Waals surface area contributed by atoms with Gasteiger partial charge in [-0.2, -0.15) is 0 Å². The summed E-state index contributed by atoms with van der Waals surface area (Å²) in [4.78, 5) is 0. The van der Waals surface area contributed by atoms with E-state index in [1.54, 1.807) is 36.4 Å². The van der Waals surface area contributed by atoms with Crippen LogP contribution in [0.4, 0.5) is 8.78 Å². The number of aliphatic hydroxyl groups is 1. The minimum absolute atomic E-state index is 0.262. The molecule has 0 spiro atoms. The molecule has 2 aromatic carbocycles. The number of benzene rings is 2. The van der Waals surface area contributed by atoms with Gasteiger partial charge in [0, 0.05) is 18.4 Å². The molecule has 2 nitrogen and oxygen atoms in total. The van der Waals surface area contributed by atoms with Gasteiger partial charge in [0.25, 0.3) is 0 Å². The van der Waals surface area contributed by atoms with Crippen molar-refractivity contribution in [2.24, 2.45) is 5.92 Å². The van der Waals surface area contributed by atoms with Gasteiger partial charge in [-0.05, 0) is 36.2 Å². The van der Waals surface area contributed by atoms with Crippen molar-refractivity contribution in [1.82, 2.24) is 5.32 Å². The van der Waals surface area contributed by atoms with E-state index in [1.807, 2.05) is 0 Å². The molecule has 0 radical (unpaired) electrons. The summed E-state index contributed by atoms with van der Waals surface area (Å²) in [6.45, 7) is 1.26. The number of rotatable bonds is 3. The molecule has 2 atom stereocenters. The minimum Gasteiger partial charge on any atom is -0.393 e. The SMILES string of the molecule is OC1CCNCC1C(c1ccccc1F)c1ccccc1F. The monoisotopic (exact) mass is 303 g/mol. The molecule has 2 N–H and O–H groups in total. The van der Waals surface area contributed by atoms with E-state index in [-0.39, 0.29) is 17.6 Å².